The minimum absolute atomic E-state index is 0.00514. The summed E-state index contributed by atoms with van der Waals surface area (Å²) in [5.74, 6) is 0.208. The summed E-state index contributed by atoms with van der Waals surface area (Å²) in [6.45, 7) is 5.95. The Hall–Kier alpha value is -0.300. The van der Waals surface area contributed by atoms with Gasteiger partial charge in [-0.05, 0) is 13.8 Å². The van der Waals surface area contributed by atoms with E-state index in [9.17, 15) is 5.11 Å². The predicted molar refractivity (Wildman–Crippen MR) is 34.1 cm³/mol. The van der Waals surface area contributed by atoms with Crippen LogP contribution in [0.4, 0.5) is 0 Å². The van der Waals surface area contributed by atoms with E-state index in [0.717, 1.165) is 0 Å². The summed E-state index contributed by atoms with van der Waals surface area (Å²) in [5.41, 5.74) is 1.23. The lowest BCUT2D eigenvalue weighted by molar-refractivity contribution is 0.168. The van der Waals surface area contributed by atoms with E-state index < -0.39 is 0 Å². The molecule has 0 heterocycles. The summed E-state index contributed by atoms with van der Waals surface area (Å²) < 4.78 is 0. The molecule has 47 valence electrons. The molecule has 0 rings (SSSR count). The van der Waals surface area contributed by atoms with Crippen molar-refractivity contribution in [2.45, 2.75) is 20.8 Å². The third kappa shape index (κ3) is 3.88. The van der Waals surface area contributed by atoms with Gasteiger partial charge in [0.15, 0.2) is 0 Å². The Kier molecular flexibility index (Phi) is 3.53. The summed E-state index contributed by atoms with van der Waals surface area (Å²) in [4.78, 5) is 0. The summed E-state index contributed by atoms with van der Waals surface area (Å²) in [7, 11) is 0. The molecule has 0 amide bonds. The van der Waals surface area contributed by atoms with E-state index >= 15 is 0 Å². The largest absolute Gasteiger partial charge is 0.236 e. The van der Waals surface area contributed by atoms with Gasteiger partial charge in [0.05, 0.1) is 6.61 Å². The number of hydrogen-bond donors (Lipinski definition) is 0. The van der Waals surface area contributed by atoms with Crippen LogP contribution in [0.3, 0.4) is 0 Å². The van der Waals surface area contributed by atoms with Gasteiger partial charge in [0.25, 0.3) is 0 Å². The first-order chi connectivity index (χ1) is 3.66. The van der Waals surface area contributed by atoms with Crippen molar-refractivity contribution in [2.75, 3.05) is 6.61 Å². The Labute approximate surface area is 51.0 Å². The molecular formula is C7H13O. The van der Waals surface area contributed by atoms with Gasteiger partial charge in [0.1, 0.15) is 0 Å². The number of allylic oxidation sites excluding steroid dienone is 1. The van der Waals surface area contributed by atoms with Crippen LogP contribution in [0, 0.1) is 5.92 Å². The molecule has 0 saturated heterocycles. The first kappa shape index (κ1) is 7.70. The van der Waals surface area contributed by atoms with Crippen LogP contribution in [0.5, 0.6) is 0 Å². The average Bonchev–Trinajstić information content (AvgIpc) is 1.65. The van der Waals surface area contributed by atoms with E-state index in [0.29, 0.717) is 0 Å². The molecule has 0 aliphatic heterocycles. The Morgan fingerprint density at radius 3 is 2.25 bits per heavy atom. The van der Waals surface area contributed by atoms with Crippen LogP contribution in [0.25, 0.3) is 0 Å². The molecule has 8 heavy (non-hydrogen) atoms. The van der Waals surface area contributed by atoms with Crippen LogP contribution in [0.1, 0.15) is 20.8 Å². The van der Waals surface area contributed by atoms with Crippen molar-refractivity contribution in [3.05, 3.63) is 11.6 Å². The predicted octanol–water partition coefficient (Wildman–Crippen LogP) is 2.02. The maximum Gasteiger partial charge on any atom is 0.0882 e. The topological polar surface area (TPSA) is 19.9 Å². The minimum atomic E-state index is 0.00514. The molecule has 0 aliphatic rings. The lowest BCUT2D eigenvalue weighted by Crippen LogP contribution is -1.93. The van der Waals surface area contributed by atoms with Crippen molar-refractivity contribution < 1.29 is 5.11 Å². The van der Waals surface area contributed by atoms with Crippen LogP contribution >= 0.6 is 0 Å². The Balaban J connectivity index is 3.51. The Morgan fingerprint density at radius 1 is 1.62 bits per heavy atom. The highest BCUT2D eigenvalue weighted by molar-refractivity contribution is 4.95. The zero-order chi connectivity index (χ0) is 6.57. The maximum absolute atomic E-state index is 10.1. The zero-order valence-corrected chi connectivity index (χ0v) is 5.77. The standard InChI is InChI=1S/C7H13O/c1-6(2)4-7(3)5-8/h4,7H,5H2,1-3H3. The molecule has 0 fully saturated rings. The van der Waals surface area contributed by atoms with E-state index in [4.69, 9.17) is 0 Å². The summed E-state index contributed by atoms with van der Waals surface area (Å²) >= 11 is 0. The highest BCUT2D eigenvalue weighted by Crippen LogP contribution is 1.99. The van der Waals surface area contributed by atoms with Gasteiger partial charge in [-0.3, -0.25) is 0 Å². The van der Waals surface area contributed by atoms with Gasteiger partial charge >= 0.3 is 0 Å². The van der Waals surface area contributed by atoms with Gasteiger partial charge in [-0.25, -0.2) is 5.11 Å². The molecule has 0 bridgehead atoms. The van der Waals surface area contributed by atoms with E-state index in [1.54, 1.807) is 0 Å². The van der Waals surface area contributed by atoms with Gasteiger partial charge in [-0.2, -0.15) is 0 Å². The van der Waals surface area contributed by atoms with Crippen LogP contribution in [0.2, 0.25) is 0 Å². The third-order valence-electron chi connectivity index (χ3n) is 0.881. The second-order valence-corrected chi connectivity index (χ2v) is 2.39. The van der Waals surface area contributed by atoms with Gasteiger partial charge in [-0.1, -0.05) is 18.6 Å². The van der Waals surface area contributed by atoms with Crippen molar-refractivity contribution in [3.63, 3.8) is 0 Å². The molecule has 1 nitrogen and oxygen atoms in total. The highest BCUT2D eigenvalue weighted by Gasteiger charge is 1.92. The molecular weight excluding hydrogens is 100 g/mol. The normalized spacial score (nSPS) is 13.0. The van der Waals surface area contributed by atoms with E-state index in [-0.39, 0.29) is 12.5 Å². The summed E-state index contributed by atoms with van der Waals surface area (Å²) in [6.07, 6.45) is 1.99. The van der Waals surface area contributed by atoms with Gasteiger partial charge in [-0.15, -0.1) is 0 Å². The molecule has 0 aromatic carbocycles. The summed E-state index contributed by atoms with van der Waals surface area (Å²) in [6, 6.07) is 0. The number of rotatable bonds is 2. The number of hydrogen-bond acceptors (Lipinski definition) is 0. The van der Waals surface area contributed by atoms with Crippen LogP contribution in [-0.4, -0.2) is 6.61 Å². The fourth-order valence-corrected chi connectivity index (χ4v) is 0.617. The molecule has 0 spiro atoms. The van der Waals surface area contributed by atoms with Crippen molar-refractivity contribution >= 4 is 0 Å². The van der Waals surface area contributed by atoms with E-state index in [2.05, 4.69) is 0 Å². The van der Waals surface area contributed by atoms with Crippen molar-refractivity contribution in [1.29, 1.82) is 0 Å². The lowest BCUT2D eigenvalue weighted by atomic mass is 10.1. The molecule has 1 unspecified atom stereocenters. The van der Waals surface area contributed by atoms with E-state index in [1.807, 2.05) is 26.8 Å². The second kappa shape index (κ2) is 3.67. The zero-order valence-electron chi connectivity index (χ0n) is 5.77. The van der Waals surface area contributed by atoms with Crippen LogP contribution in [-0.2, 0) is 5.11 Å². The fraction of sp³-hybridized carbons (Fsp3) is 0.714. The van der Waals surface area contributed by atoms with Gasteiger partial charge < -0.3 is 0 Å². The Morgan fingerprint density at radius 2 is 2.12 bits per heavy atom. The molecule has 1 radical (unpaired) electrons. The molecule has 0 saturated carbocycles. The molecule has 1 heteroatoms. The molecule has 0 aromatic heterocycles. The third-order valence-corrected chi connectivity index (χ3v) is 0.881. The van der Waals surface area contributed by atoms with Gasteiger partial charge in [0.2, 0.25) is 0 Å². The van der Waals surface area contributed by atoms with Crippen molar-refractivity contribution in [2.24, 2.45) is 5.92 Å². The lowest BCUT2D eigenvalue weighted by Gasteiger charge is -1.97. The van der Waals surface area contributed by atoms with Crippen LogP contribution < -0.4 is 0 Å². The van der Waals surface area contributed by atoms with Gasteiger partial charge in [0, 0.05) is 5.92 Å². The highest BCUT2D eigenvalue weighted by atomic mass is 16.3. The molecule has 1 atom stereocenters. The fourth-order valence-electron chi connectivity index (χ4n) is 0.617. The summed E-state index contributed by atoms with van der Waals surface area (Å²) in [5, 5.41) is 10.1. The molecule has 0 N–H and O–H groups in total. The minimum Gasteiger partial charge on any atom is -0.236 e. The van der Waals surface area contributed by atoms with Crippen molar-refractivity contribution in [1.82, 2.24) is 0 Å². The second-order valence-electron chi connectivity index (χ2n) is 2.39. The quantitative estimate of drug-likeness (QED) is 0.488. The maximum atomic E-state index is 10.1. The average molecular weight is 113 g/mol. The van der Waals surface area contributed by atoms with E-state index in [1.165, 1.54) is 5.57 Å². The molecule has 0 aliphatic carbocycles. The van der Waals surface area contributed by atoms with Crippen molar-refractivity contribution in [3.8, 4) is 0 Å². The monoisotopic (exact) mass is 113 g/mol. The van der Waals surface area contributed by atoms with Crippen LogP contribution in [0.15, 0.2) is 11.6 Å². The first-order valence-electron chi connectivity index (χ1n) is 2.90. The molecule has 0 aromatic rings. The smallest absolute Gasteiger partial charge is 0.0882 e. The Bertz CT molecular complexity index is 80.4. The SMILES string of the molecule is CC(C)=CC(C)C[O]. The first-order valence-corrected chi connectivity index (χ1v) is 2.90.